The second-order valence-corrected chi connectivity index (χ2v) is 7.51. The van der Waals surface area contributed by atoms with Crippen molar-refractivity contribution in [1.29, 1.82) is 0 Å². The standard InChI is InChI=1S/C12H19NOS/c14-11-5-8-3-9(6-11)12(10(4-8)7-11)13-1-2-15-12/h8-10,13-14H,1-7H2/t8?,9-,10-,11?,12?/m0/s1. The summed E-state index contributed by atoms with van der Waals surface area (Å²) in [4.78, 5) is 0.378. The zero-order valence-electron chi connectivity index (χ0n) is 9.04. The van der Waals surface area contributed by atoms with Crippen LogP contribution in [0.15, 0.2) is 0 Å². The molecule has 2 N–H and O–H groups in total. The fraction of sp³-hybridized carbons (Fsp3) is 1.00. The summed E-state index contributed by atoms with van der Waals surface area (Å²) in [5, 5.41) is 14.3. The zero-order chi connectivity index (χ0) is 10.1. The molecular weight excluding hydrogens is 206 g/mol. The highest BCUT2D eigenvalue weighted by molar-refractivity contribution is 8.00. The summed E-state index contributed by atoms with van der Waals surface area (Å²) < 4.78 is 0. The molecule has 1 spiro atoms. The van der Waals surface area contributed by atoms with Crippen LogP contribution in [0.4, 0.5) is 0 Å². The molecular formula is C12H19NOS. The van der Waals surface area contributed by atoms with Gasteiger partial charge in [0.05, 0.1) is 10.5 Å². The quantitative estimate of drug-likeness (QED) is 0.656. The molecule has 5 rings (SSSR count). The number of rotatable bonds is 0. The molecule has 4 bridgehead atoms. The van der Waals surface area contributed by atoms with Crippen LogP contribution >= 0.6 is 11.8 Å². The van der Waals surface area contributed by atoms with Gasteiger partial charge in [-0.15, -0.1) is 11.8 Å². The highest BCUT2D eigenvalue weighted by atomic mass is 32.2. The van der Waals surface area contributed by atoms with E-state index in [2.05, 4.69) is 17.1 Å². The highest BCUT2D eigenvalue weighted by Gasteiger charge is 2.62. The van der Waals surface area contributed by atoms with E-state index < -0.39 is 0 Å². The number of aliphatic hydroxyl groups is 1. The lowest BCUT2D eigenvalue weighted by Gasteiger charge is -2.62. The first-order valence-corrected chi connectivity index (χ1v) is 7.30. The fourth-order valence-corrected chi connectivity index (χ4v) is 6.54. The van der Waals surface area contributed by atoms with Crippen molar-refractivity contribution in [3.05, 3.63) is 0 Å². The van der Waals surface area contributed by atoms with Gasteiger partial charge in [0.1, 0.15) is 0 Å². The van der Waals surface area contributed by atoms with Crippen molar-refractivity contribution in [3.8, 4) is 0 Å². The van der Waals surface area contributed by atoms with Gasteiger partial charge in [-0.3, -0.25) is 0 Å². The summed E-state index contributed by atoms with van der Waals surface area (Å²) >= 11 is 2.16. The predicted octanol–water partition coefficient (Wildman–Crippen LogP) is 1.59. The van der Waals surface area contributed by atoms with Gasteiger partial charge in [0.2, 0.25) is 0 Å². The molecule has 0 radical (unpaired) electrons. The molecule has 1 heterocycles. The van der Waals surface area contributed by atoms with Gasteiger partial charge >= 0.3 is 0 Å². The molecule has 0 aromatic heterocycles. The lowest BCUT2D eigenvalue weighted by molar-refractivity contribution is -0.145. The van der Waals surface area contributed by atoms with Gasteiger partial charge in [-0.25, -0.2) is 0 Å². The number of hydrogen-bond donors (Lipinski definition) is 2. The Balaban J connectivity index is 1.75. The summed E-state index contributed by atoms with van der Waals surface area (Å²) in [5.41, 5.74) is -0.271. The molecule has 0 aromatic carbocycles. The Morgan fingerprint density at radius 3 is 2.40 bits per heavy atom. The summed E-state index contributed by atoms with van der Waals surface area (Å²) in [6.45, 7) is 1.18. The Kier molecular flexibility index (Phi) is 1.70. The molecule has 4 saturated carbocycles. The SMILES string of the molecule is OC12CC3C[C@@H](C1)C1(NCCS1)[C@@H](C3)C2. The Hall–Kier alpha value is 0.270. The van der Waals surface area contributed by atoms with Crippen molar-refractivity contribution < 1.29 is 5.11 Å². The van der Waals surface area contributed by atoms with Crippen LogP contribution in [0.3, 0.4) is 0 Å². The predicted molar refractivity (Wildman–Crippen MR) is 61.7 cm³/mol. The largest absolute Gasteiger partial charge is 0.390 e. The Morgan fingerprint density at radius 2 is 1.87 bits per heavy atom. The first kappa shape index (κ1) is 9.32. The van der Waals surface area contributed by atoms with Crippen LogP contribution in [-0.4, -0.2) is 27.9 Å². The molecule has 2 nitrogen and oxygen atoms in total. The summed E-state index contributed by atoms with van der Waals surface area (Å²) in [6.07, 6.45) is 5.98. The van der Waals surface area contributed by atoms with E-state index in [0.29, 0.717) is 4.87 Å². The molecule has 15 heavy (non-hydrogen) atoms. The second-order valence-electron chi connectivity index (χ2n) is 6.14. The Bertz CT molecular complexity index is 282. The maximum absolute atomic E-state index is 10.5. The van der Waals surface area contributed by atoms with E-state index in [-0.39, 0.29) is 5.60 Å². The van der Waals surface area contributed by atoms with Crippen LogP contribution in [0.5, 0.6) is 0 Å². The maximum atomic E-state index is 10.5. The monoisotopic (exact) mass is 225 g/mol. The van der Waals surface area contributed by atoms with Gasteiger partial charge in [0, 0.05) is 12.3 Å². The molecule has 3 heteroatoms. The van der Waals surface area contributed by atoms with Crippen LogP contribution in [0.2, 0.25) is 0 Å². The topological polar surface area (TPSA) is 32.3 Å². The van der Waals surface area contributed by atoms with Gasteiger partial charge in [-0.2, -0.15) is 0 Å². The molecule has 1 aliphatic heterocycles. The first-order chi connectivity index (χ1) is 7.20. The van der Waals surface area contributed by atoms with Crippen LogP contribution in [0.1, 0.15) is 32.1 Å². The molecule has 1 saturated heterocycles. The van der Waals surface area contributed by atoms with Crippen LogP contribution in [0, 0.1) is 17.8 Å². The maximum Gasteiger partial charge on any atom is 0.0705 e. The van der Waals surface area contributed by atoms with Crippen LogP contribution in [-0.2, 0) is 0 Å². The van der Waals surface area contributed by atoms with Crippen LogP contribution in [0.25, 0.3) is 0 Å². The lowest BCUT2D eigenvalue weighted by Crippen LogP contribution is -2.65. The minimum atomic E-state index is -0.271. The molecule has 0 aromatic rings. The Labute approximate surface area is 95.2 Å². The van der Waals surface area contributed by atoms with Gasteiger partial charge in [0.15, 0.2) is 0 Å². The van der Waals surface area contributed by atoms with E-state index in [9.17, 15) is 5.11 Å². The van der Waals surface area contributed by atoms with Crippen molar-refractivity contribution >= 4 is 11.8 Å². The molecule has 5 aliphatic rings. The minimum absolute atomic E-state index is 0.271. The highest BCUT2D eigenvalue weighted by Crippen LogP contribution is 2.63. The van der Waals surface area contributed by atoms with Crippen molar-refractivity contribution in [1.82, 2.24) is 5.32 Å². The smallest absolute Gasteiger partial charge is 0.0705 e. The molecule has 84 valence electrons. The third-order valence-corrected chi connectivity index (χ3v) is 6.91. The molecule has 4 aliphatic carbocycles. The van der Waals surface area contributed by atoms with E-state index in [4.69, 9.17) is 0 Å². The number of thioether (sulfide) groups is 1. The van der Waals surface area contributed by atoms with Crippen molar-refractivity contribution in [2.24, 2.45) is 17.8 Å². The number of nitrogens with one attached hydrogen (secondary N) is 1. The van der Waals surface area contributed by atoms with Crippen LogP contribution < -0.4 is 5.32 Å². The molecule has 2 atom stereocenters. The Morgan fingerprint density at radius 1 is 1.13 bits per heavy atom. The van der Waals surface area contributed by atoms with E-state index in [1.54, 1.807) is 0 Å². The fourth-order valence-electron chi connectivity index (χ4n) is 4.97. The average Bonchev–Trinajstić information content (AvgIpc) is 2.61. The van der Waals surface area contributed by atoms with E-state index >= 15 is 0 Å². The summed E-state index contributed by atoms with van der Waals surface area (Å²) in [6, 6.07) is 0. The van der Waals surface area contributed by atoms with E-state index in [0.717, 1.165) is 37.0 Å². The molecule has 5 fully saturated rings. The van der Waals surface area contributed by atoms with E-state index in [1.807, 2.05) is 0 Å². The van der Waals surface area contributed by atoms with Crippen molar-refractivity contribution in [3.63, 3.8) is 0 Å². The average molecular weight is 225 g/mol. The minimum Gasteiger partial charge on any atom is -0.390 e. The van der Waals surface area contributed by atoms with Gasteiger partial charge < -0.3 is 10.4 Å². The lowest BCUT2D eigenvalue weighted by atomic mass is 9.52. The van der Waals surface area contributed by atoms with Gasteiger partial charge in [-0.05, 0) is 49.9 Å². The zero-order valence-corrected chi connectivity index (χ0v) is 9.85. The normalized spacial score (nSPS) is 61.8. The molecule has 0 amide bonds. The number of hydrogen-bond acceptors (Lipinski definition) is 3. The molecule has 0 unspecified atom stereocenters. The van der Waals surface area contributed by atoms with Crippen molar-refractivity contribution in [2.45, 2.75) is 42.6 Å². The van der Waals surface area contributed by atoms with E-state index in [1.165, 1.54) is 25.1 Å². The summed E-state index contributed by atoms with van der Waals surface area (Å²) in [5.74, 6) is 3.61. The second kappa shape index (κ2) is 2.74. The third-order valence-electron chi connectivity index (χ3n) is 5.21. The first-order valence-electron chi connectivity index (χ1n) is 6.32. The van der Waals surface area contributed by atoms with Gasteiger partial charge in [-0.1, -0.05) is 0 Å². The third kappa shape index (κ3) is 1.10. The van der Waals surface area contributed by atoms with Gasteiger partial charge in [0.25, 0.3) is 0 Å². The van der Waals surface area contributed by atoms with Crippen molar-refractivity contribution in [2.75, 3.05) is 12.3 Å². The summed E-state index contributed by atoms with van der Waals surface area (Å²) in [7, 11) is 0.